The number of aromatic nitrogens is 3. The van der Waals surface area contributed by atoms with E-state index in [-0.39, 0.29) is 17.5 Å². The van der Waals surface area contributed by atoms with Gasteiger partial charge in [-0.05, 0) is 6.08 Å². The summed E-state index contributed by atoms with van der Waals surface area (Å²) in [6, 6.07) is 0. The monoisotopic (exact) mass is 459 g/mol. The van der Waals surface area contributed by atoms with Gasteiger partial charge in [-0.1, -0.05) is 93.4 Å². The maximum Gasteiger partial charge on any atom is 0.250 e. The van der Waals surface area contributed by atoms with Gasteiger partial charge in [-0.25, -0.2) is 15.0 Å². The third kappa shape index (κ3) is 4.46. The van der Waals surface area contributed by atoms with E-state index >= 15 is 0 Å². The molecule has 0 spiro atoms. The average molecular weight is 463 g/mol. The molecule has 1 aliphatic rings. The van der Waals surface area contributed by atoms with Crippen molar-refractivity contribution in [3.63, 3.8) is 0 Å². The number of halogens is 8. The fourth-order valence-electron chi connectivity index (χ4n) is 1.67. The minimum absolute atomic E-state index is 0.142. The van der Waals surface area contributed by atoms with E-state index in [0.29, 0.717) is 5.03 Å². The Balaban J connectivity index is 2.61. The minimum Gasteiger partial charge on any atom is -0.213 e. The first-order valence-electron chi connectivity index (χ1n) is 5.58. The van der Waals surface area contributed by atoms with Gasteiger partial charge in [0.15, 0.2) is 11.6 Å². The van der Waals surface area contributed by atoms with Crippen molar-refractivity contribution in [3.05, 3.63) is 40.7 Å². The van der Waals surface area contributed by atoms with Gasteiger partial charge in [0, 0.05) is 5.03 Å². The van der Waals surface area contributed by atoms with Gasteiger partial charge in [0.05, 0.1) is 11.3 Å². The van der Waals surface area contributed by atoms with Gasteiger partial charge in [0.1, 0.15) is 5.82 Å². The molecule has 1 heterocycles. The van der Waals surface area contributed by atoms with Gasteiger partial charge in [0.25, 0.3) is 0 Å². The SMILES string of the molecule is ClC1=CC=CC(Cl)C1c1nc(C(Cl)(Cl)Cl)nc(C(Cl)(Cl)Cl)n1. The summed E-state index contributed by atoms with van der Waals surface area (Å²) in [4.78, 5) is 12.1. The van der Waals surface area contributed by atoms with Crippen molar-refractivity contribution in [3.8, 4) is 0 Å². The molecule has 0 saturated carbocycles. The molecule has 1 aliphatic carbocycles. The molecule has 0 bridgehead atoms. The smallest absolute Gasteiger partial charge is 0.213 e. The van der Waals surface area contributed by atoms with Crippen LogP contribution >= 0.6 is 92.8 Å². The van der Waals surface area contributed by atoms with Gasteiger partial charge in [-0.3, -0.25) is 0 Å². The first-order chi connectivity index (χ1) is 10.00. The fraction of sp³-hybridized carbons (Fsp3) is 0.364. The van der Waals surface area contributed by atoms with Crippen molar-refractivity contribution in [2.75, 3.05) is 0 Å². The number of hydrogen-bond acceptors (Lipinski definition) is 3. The van der Waals surface area contributed by atoms with Crippen molar-refractivity contribution in [2.24, 2.45) is 0 Å². The molecule has 22 heavy (non-hydrogen) atoms. The maximum absolute atomic E-state index is 6.23. The zero-order chi connectivity index (χ0) is 16.7. The highest BCUT2D eigenvalue weighted by Gasteiger charge is 2.36. The number of alkyl halides is 7. The van der Waals surface area contributed by atoms with Crippen molar-refractivity contribution >= 4 is 92.8 Å². The summed E-state index contributed by atoms with van der Waals surface area (Å²) in [6.07, 6.45) is 5.08. The van der Waals surface area contributed by atoms with Crippen molar-refractivity contribution < 1.29 is 0 Å². The lowest BCUT2D eigenvalue weighted by Gasteiger charge is -2.23. The summed E-state index contributed by atoms with van der Waals surface area (Å²) in [7, 11) is 0. The number of nitrogens with zero attached hydrogens (tertiary/aromatic N) is 3. The molecule has 3 nitrogen and oxygen atoms in total. The lowest BCUT2D eigenvalue weighted by Crippen LogP contribution is -2.23. The normalized spacial score (nSPS) is 22.6. The Morgan fingerprint density at radius 1 is 0.864 bits per heavy atom. The highest BCUT2D eigenvalue weighted by Crippen LogP contribution is 2.42. The van der Waals surface area contributed by atoms with Crippen molar-refractivity contribution in [1.82, 2.24) is 15.0 Å². The Morgan fingerprint density at radius 2 is 1.36 bits per heavy atom. The molecular weight excluding hydrogens is 458 g/mol. The van der Waals surface area contributed by atoms with Crippen LogP contribution in [-0.4, -0.2) is 20.3 Å². The van der Waals surface area contributed by atoms with E-state index in [1.54, 1.807) is 18.2 Å². The summed E-state index contributed by atoms with van der Waals surface area (Å²) in [6.45, 7) is 0. The molecule has 0 amide bonds. The van der Waals surface area contributed by atoms with Crippen LogP contribution in [0.5, 0.6) is 0 Å². The molecule has 0 fully saturated rings. The molecule has 0 saturated heterocycles. The van der Waals surface area contributed by atoms with E-state index in [4.69, 9.17) is 92.8 Å². The zero-order valence-electron chi connectivity index (χ0n) is 10.3. The molecule has 0 radical (unpaired) electrons. The van der Waals surface area contributed by atoms with Crippen LogP contribution in [0.1, 0.15) is 23.4 Å². The second kappa shape index (κ2) is 6.97. The predicted octanol–water partition coefficient (Wildman–Crippen LogP) is 5.91. The van der Waals surface area contributed by atoms with Gasteiger partial charge >= 0.3 is 0 Å². The molecular formula is C11H5Cl8N3. The van der Waals surface area contributed by atoms with Gasteiger partial charge in [-0.2, -0.15) is 0 Å². The molecule has 11 heteroatoms. The Kier molecular flexibility index (Phi) is 6.06. The van der Waals surface area contributed by atoms with Crippen LogP contribution < -0.4 is 0 Å². The average Bonchev–Trinajstić information content (AvgIpc) is 2.36. The fourth-order valence-corrected chi connectivity index (χ4v) is 2.88. The third-order valence-corrected chi connectivity index (χ3v) is 4.38. The molecule has 0 aliphatic heterocycles. The lowest BCUT2D eigenvalue weighted by molar-refractivity contribution is 0.708. The van der Waals surface area contributed by atoms with Crippen LogP contribution in [0.15, 0.2) is 23.3 Å². The van der Waals surface area contributed by atoms with Gasteiger partial charge in [0.2, 0.25) is 7.59 Å². The van der Waals surface area contributed by atoms with E-state index in [0.717, 1.165) is 0 Å². The van der Waals surface area contributed by atoms with Crippen molar-refractivity contribution in [1.29, 1.82) is 0 Å². The Hall–Kier alpha value is 0.810. The highest BCUT2D eigenvalue weighted by atomic mass is 35.6. The standard InChI is InChI=1S/C11H5Cl8N3/c12-4-2-1-3-5(13)6(4)7-20-8(10(14,15)16)22-9(21-7)11(17,18)19/h1-4,6H. The Bertz CT molecular complexity index is 599. The summed E-state index contributed by atoms with van der Waals surface area (Å²) in [5.41, 5.74) is 0. The third-order valence-electron chi connectivity index (χ3n) is 2.60. The maximum atomic E-state index is 6.23. The van der Waals surface area contributed by atoms with E-state index in [1.165, 1.54) is 0 Å². The molecule has 1 aromatic heterocycles. The second-order valence-corrected chi connectivity index (χ2v) is 9.70. The number of allylic oxidation sites excluding steroid dienone is 4. The lowest BCUT2D eigenvalue weighted by atomic mass is 9.99. The summed E-state index contributed by atoms with van der Waals surface area (Å²) < 4.78 is -3.85. The van der Waals surface area contributed by atoms with Crippen LogP contribution in [-0.2, 0) is 7.59 Å². The Labute approximate surface area is 166 Å². The Morgan fingerprint density at radius 3 is 1.77 bits per heavy atom. The molecule has 0 aromatic carbocycles. The van der Waals surface area contributed by atoms with E-state index in [1.807, 2.05) is 0 Å². The largest absolute Gasteiger partial charge is 0.250 e. The first kappa shape index (κ1) is 19.1. The van der Waals surface area contributed by atoms with Crippen LogP contribution in [0.2, 0.25) is 0 Å². The molecule has 1 aromatic rings. The van der Waals surface area contributed by atoms with E-state index < -0.39 is 18.9 Å². The summed E-state index contributed by atoms with van der Waals surface area (Å²) >= 11 is 47.3. The van der Waals surface area contributed by atoms with Crippen LogP contribution in [0, 0.1) is 0 Å². The van der Waals surface area contributed by atoms with Crippen LogP contribution in [0.4, 0.5) is 0 Å². The molecule has 2 rings (SSSR count). The van der Waals surface area contributed by atoms with Crippen LogP contribution in [0.25, 0.3) is 0 Å². The number of rotatable bonds is 1. The molecule has 120 valence electrons. The quantitative estimate of drug-likeness (QED) is 0.487. The highest BCUT2D eigenvalue weighted by molar-refractivity contribution is 6.67. The molecule has 2 atom stereocenters. The molecule has 2 unspecified atom stereocenters. The van der Waals surface area contributed by atoms with Gasteiger partial charge < -0.3 is 0 Å². The number of hydrogen-bond donors (Lipinski definition) is 0. The minimum atomic E-state index is -1.93. The van der Waals surface area contributed by atoms with E-state index in [9.17, 15) is 0 Å². The van der Waals surface area contributed by atoms with Crippen molar-refractivity contribution in [2.45, 2.75) is 18.9 Å². The second-order valence-electron chi connectivity index (χ2n) is 4.19. The summed E-state index contributed by atoms with van der Waals surface area (Å²) in [5, 5.41) is -0.106. The van der Waals surface area contributed by atoms with Gasteiger partial charge in [-0.15, -0.1) is 11.6 Å². The zero-order valence-corrected chi connectivity index (χ0v) is 16.3. The van der Waals surface area contributed by atoms with E-state index in [2.05, 4.69) is 15.0 Å². The predicted molar refractivity (Wildman–Crippen MR) is 93.8 cm³/mol. The summed E-state index contributed by atoms with van der Waals surface area (Å²) in [5.74, 6) is -0.810. The van der Waals surface area contributed by atoms with Crippen LogP contribution in [0.3, 0.4) is 0 Å². The topological polar surface area (TPSA) is 38.7 Å². The molecule has 0 N–H and O–H groups in total. The first-order valence-corrected chi connectivity index (χ1v) is 8.66.